The van der Waals surface area contributed by atoms with Crippen LogP contribution in [-0.4, -0.2) is 64.1 Å². The molecule has 6 heteroatoms. The summed E-state index contributed by atoms with van der Waals surface area (Å²) in [5.74, 6) is 1.71. The molecule has 31 heavy (non-hydrogen) atoms. The van der Waals surface area contributed by atoms with Gasteiger partial charge in [-0.1, -0.05) is 24.3 Å². The van der Waals surface area contributed by atoms with Crippen LogP contribution in [0.3, 0.4) is 0 Å². The normalized spacial score (nSPS) is 21.4. The SMILES string of the molecule is CC(COc1ccc(Cc2ccc(OCC(C)OCC3CO3)cc2)cc1)OCC1CO1. The predicted molar refractivity (Wildman–Crippen MR) is 117 cm³/mol. The largest absolute Gasteiger partial charge is 0.491 e. The van der Waals surface area contributed by atoms with Crippen LogP contribution in [0.1, 0.15) is 25.0 Å². The Morgan fingerprint density at radius 2 is 1.10 bits per heavy atom. The van der Waals surface area contributed by atoms with E-state index >= 15 is 0 Å². The van der Waals surface area contributed by atoms with E-state index in [1.807, 2.05) is 38.1 Å². The minimum atomic E-state index is 0.0476. The zero-order valence-corrected chi connectivity index (χ0v) is 18.3. The molecule has 2 aliphatic rings. The standard InChI is InChI=1S/C25H32O6/c1-18(26-14-24-16-30-24)12-28-22-7-3-20(4-8-22)11-21-5-9-23(10-6-21)29-13-19(2)27-15-25-17-31-25/h3-10,18-19,24-25H,11-17H2,1-2H3. The van der Waals surface area contributed by atoms with Gasteiger partial charge >= 0.3 is 0 Å². The minimum absolute atomic E-state index is 0.0476. The molecule has 0 spiro atoms. The monoisotopic (exact) mass is 428 g/mol. The topological polar surface area (TPSA) is 62.0 Å². The first-order valence-electron chi connectivity index (χ1n) is 11.0. The third-order valence-electron chi connectivity index (χ3n) is 5.16. The van der Waals surface area contributed by atoms with Gasteiger partial charge in [-0.15, -0.1) is 0 Å². The van der Waals surface area contributed by atoms with Crippen LogP contribution in [0.4, 0.5) is 0 Å². The average Bonchev–Trinajstić information content (AvgIpc) is 3.70. The van der Waals surface area contributed by atoms with Crippen molar-refractivity contribution in [3.8, 4) is 11.5 Å². The molecule has 0 N–H and O–H groups in total. The Morgan fingerprint density at radius 1 is 0.710 bits per heavy atom. The first-order valence-corrected chi connectivity index (χ1v) is 11.0. The summed E-state index contributed by atoms with van der Waals surface area (Å²) in [5.41, 5.74) is 2.47. The molecule has 0 radical (unpaired) electrons. The molecule has 4 rings (SSSR count). The molecule has 2 aromatic carbocycles. The first kappa shape index (κ1) is 22.1. The van der Waals surface area contributed by atoms with Crippen molar-refractivity contribution in [2.75, 3.05) is 39.6 Å². The molecule has 0 saturated carbocycles. The molecule has 168 valence electrons. The Hall–Kier alpha value is -2.12. The van der Waals surface area contributed by atoms with Gasteiger partial charge in [-0.25, -0.2) is 0 Å². The molecule has 4 atom stereocenters. The number of epoxide rings is 2. The van der Waals surface area contributed by atoms with Crippen LogP contribution >= 0.6 is 0 Å². The second kappa shape index (κ2) is 11.0. The van der Waals surface area contributed by atoms with E-state index in [-0.39, 0.29) is 24.4 Å². The van der Waals surface area contributed by atoms with Crippen LogP contribution in [0.5, 0.6) is 11.5 Å². The van der Waals surface area contributed by atoms with Crippen molar-refractivity contribution < 1.29 is 28.4 Å². The van der Waals surface area contributed by atoms with Gasteiger partial charge in [-0.3, -0.25) is 0 Å². The lowest BCUT2D eigenvalue weighted by atomic mass is 10.0. The Labute approximate surface area is 184 Å². The van der Waals surface area contributed by atoms with E-state index in [0.717, 1.165) is 31.1 Å². The van der Waals surface area contributed by atoms with Gasteiger partial charge in [0.25, 0.3) is 0 Å². The van der Waals surface area contributed by atoms with Gasteiger partial charge in [0.15, 0.2) is 0 Å². The second-order valence-corrected chi connectivity index (χ2v) is 8.29. The van der Waals surface area contributed by atoms with Crippen molar-refractivity contribution in [2.24, 2.45) is 0 Å². The van der Waals surface area contributed by atoms with Crippen LogP contribution in [0.2, 0.25) is 0 Å². The molecular formula is C25H32O6. The third-order valence-corrected chi connectivity index (χ3v) is 5.16. The molecule has 0 amide bonds. The molecule has 2 aliphatic heterocycles. The van der Waals surface area contributed by atoms with Gasteiger partial charge in [-0.2, -0.15) is 0 Å². The van der Waals surface area contributed by atoms with Crippen molar-refractivity contribution in [3.05, 3.63) is 59.7 Å². The highest BCUT2D eigenvalue weighted by Crippen LogP contribution is 2.19. The molecule has 6 nitrogen and oxygen atoms in total. The van der Waals surface area contributed by atoms with Crippen LogP contribution in [0.15, 0.2) is 48.5 Å². The first-order chi connectivity index (χ1) is 15.1. The lowest BCUT2D eigenvalue weighted by molar-refractivity contribution is 0.0241. The fraction of sp³-hybridized carbons (Fsp3) is 0.520. The summed E-state index contributed by atoms with van der Waals surface area (Å²) < 4.78 is 33.3. The zero-order valence-electron chi connectivity index (χ0n) is 18.3. The molecule has 4 unspecified atom stereocenters. The second-order valence-electron chi connectivity index (χ2n) is 8.29. The van der Waals surface area contributed by atoms with Crippen LogP contribution in [-0.2, 0) is 25.4 Å². The summed E-state index contributed by atoms with van der Waals surface area (Å²) in [5, 5.41) is 0. The summed E-state index contributed by atoms with van der Waals surface area (Å²) >= 11 is 0. The van der Waals surface area contributed by atoms with Gasteiger partial charge in [0, 0.05) is 0 Å². The fourth-order valence-corrected chi connectivity index (χ4v) is 3.04. The highest BCUT2D eigenvalue weighted by Gasteiger charge is 2.24. The van der Waals surface area contributed by atoms with Crippen molar-refractivity contribution in [3.63, 3.8) is 0 Å². The van der Waals surface area contributed by atoms with Gasteiger partial charge in [0.05, 0.1) is 38.6 Å². The number of ether oxygens (including phenoxy) is 6. The van der Waals surface area contributed by atoms with E-state index < -0.39 is 0 Å². The lowest BCUT2D eigenvalue weighted by Crippen LogP contribution is -2.20. The lowest BCUT2D eigenvalue weighted by Gasteiger charge is -2.14. The van der Waals surface area contributed by atoms with Crippen LogP contribution < -0.4 is 9.47 Å². The maximum Gasteiger partial charge on any atom is 0.119 e. The Bertz CT molecular complexity index is 715. The van der Waals surface area contributed by atoms with E-state index in [1.54, 1.807) is 0 Å². The van der Waals surface area contributed by atoms with Crippen molar-refractivity contribution in [1.29, 1.82) is 0 Å². The Balaban J connectivity index is 1.16. The van der Waals surface area contributed by atoms with Crippen LogP contribution in [0, 0.1) is 0 Å². The molecule has 0 aromatic heterocycles. The van der Waals surface area contributed by atoms with Gasteiger partial charge in [-0.05, 0) is 55.7 Å². The quantitative estimate of drug-likeness (QED) is 0.428. The third kappa shape index (κ3) is 8.15. The summed E-state index contributed by atoms with van der Waals surface area (Å²) in [6, 6.07) is 16.5. The molecule has 0 bridgehead atoms. The Morgan fingerprint density at radius 3 is 1.45 bits per heavy atom. The van der Waals surface area contributed by atoms with E-state index in [0.29, 0.717) is 26.4 Å². The maximum atomic E-state index is 5.82. The molecule has 2 fully saturated rings. The summed E-state index contributed by atoms with van der Waals surface area (Å²) in [7, 11) is 0. The summed E-state index contributed by atoms with van der Waals surface area (Å²) in [6.45, 7) is 8.02. The maximum absolute atomic E-state index is 5.82. The van der Waals surface area contributed by atoms with E-state index in [1.165, 1.54) is 11.1 Å². The average molecular weight is 429 g/mol. The number of hydrogen-bond donors (Lipinski definition) is 0. The van der Waals surface area contributed by atoms with Gasteiger partial charge in [0.2, 0.25) is 0 Å². The van der Waals surface area contributed by atoms with Crippen molar-refractivity contribution in [1.82, 2.24) is 0 Å². The van der Waals surface area contributed by atoms with E-state index in [9.17, 15) is 0 Å². The van der Waals surface area contributed by atoms with E-state index in [2.05, 4.69) is 24.3 Å². The number of benzene rings is 2. The zero-order chi connectivity index (χ0) is 21.5. The highest BCUT2D eigenvalue weighted by molar-refractivity contribution is 5.34. The fourth-order valence-electron chi connectivity index (χ4n) is 3.04. The van der Waals surface area contributed by atoms with Gasteiger partial charge < -0.3 is 28.4 Å². The molecular weight excluding hydrogens is 396 g/mol. The minimum Gasteiger partial charge on any atom is -0.491 e. The van der Waals surface area contributed by atoms with Crippen molar-refractivity contribution >= 4 is 0 Å². The number of rotatable bonds is 14. The Kier molecular flexibility index (Phi) is 7.81. The number of hydrogen-bond acceptors (Lipinski definition) is 6. The molecule has 2 heterocycles. The van der Waals surface area contributed by atoms with Crippen LogP contribution in [0.25, 0.3) is 0 Å². The molecule has 2 saturated heterocycles. The van der Waals surface area contributed by atoms with E-state index in [4.69, 9.17) is 28.4 Å². The van der Waals surface area contributed by atoms with Crippen molar-refractivity contribution in [2.45, 2.75) is 44.7 Å². The molecule has 2 aromatic rings. The predicted octanol–water partition coefficient (Wildman–Crippen LogP) is 3.64. The summed E-state index contributed by atoms with van der Waals surface area (Å²) in [6.07, 6.45) is 1.53. The molecule has 0 aliphatic carbocycles. The van der Waals surface area contributed by atoms with Gasteiger partial charge in [0.1, 0.15) is 36.9 Å². The highest BCUT2D eigenvalue weighted by atomic mass is 16.6. The summed E-state index contributed by atoms with van der Waals surface area (Å²) in [4.78, 5) is 0. The smallest absolute Gasteiger partial charge is 0.119 e.